The van der Waals surface area contributed by atoms with Gasteiger partial charge in [-0.1, -0.05) is 11.6 Å². The summed E-state index contributed by atoms with van der Waals surface area (Å²) in [5, 5.41) is 13.8. The van der Waals surface area contributed by atoms with Gasteiger partial charge in [-0.05, 0) is 37.3 Å². The maximum Gasteiger partial charge on any atom is 0.414 e. The predicted octanol–water partition coefficient (Wildman–Crippen LogP) is 3.87. The lowest BCUT2D eigenvalue weighted by Gasteiger charge is -2.14. The molecule has 1 N–H and O–H groups in total. The van der Waals surface area contributed by atoms with Crippen LogP contribution in [-0.2, 0) is 0 Å². The molecule has 0 bridgehead atoms. The average Bonchev–Trinajstić information content (AvgIpc) is 2.55. The average molecular weight is 378 g/mol. The van der Waals surface area contributed by atoms with Crippen LogP contribution >= 0.6 is 11.6 Å². The highest BCUT2D eigenvalue weighted by atomic mass is 35.5. The van der Waals surface area contributed by atoms with Gasteiger partial charge < -0.3 is 15.0 Å². The van der Waals surface area contributed by atoms with E-state index >= 15 is 0 Å². The van der Waals surface area contributed by atoms with Gasteiger partial charge in [-0.25, -0.2) is 4.79 Å². The smallest absolute Gasteiger partial charge is 0.409 e. The normalized spacial score (nSPS) is 10.2. The molecule has 0 saturated heterocycles. The number of aryl methyl sites for hydroxylation is 1. The number of amides is 2. The number of hydrogen-bond donors (Lipinski definition) is 1. The summed E-state index contributed by atoms with van der Waals surface area (Å²) < 4.78 is 5.17. The number of carbonyl (C=O) groups is 2. The Morgan fingerprint density at radius 3 is 2.46 bits per heavy atom. The van der Waals surface area contributed by atoms with Crippen LogP contribution in [0.1, 0.15) is 15.9 Å². The summed E-state index contributed by atoms with van der Waals surface area (Å²) in [6.07, 6.45) is -0.646. The molecule has 136 valence electrons. The molecule has 2 aromatic rings. The Labute approximate surface area is 154 Å². The molecule has 2 rings (SSSR count). The van der Waals surface area contributed by atoms with Crippen LogP contribution in [0.4, 0.5) is 16.2 Å². The van der Waals surface area contributed by atoms with E-state index in [0.29, 0.717) is 16.3 Å². The summed E-state index contributed by atoms with van der Waals surface area (Å²) in [6.45, 7) is 1.57. The lowest BCUT2D eigenvalue weighted by molar-refractivity contribution is -0.385. The molecule has 2 amide bonds. The molecule has 0 spiro atoms. The maximum absolute atomic E-state index is 12.6. The van der Waals surface area contributed by atoms with E-state index in [9.17, 15) is 19.7 Å². The minimum atomic E-state index is -0.646. The standard InChI is InChI=1S/C17H16ClN3O5/c1-10-8-12(5-6-14(10)21(24)25)19-16(22)13-9-11(18)4-7-15(13)26-17(23)20(2)3/h4-9H,1-3H3,(H,19,22). The Balaban J connectivity index is 2.29. The SMILES string of the molecule is Cc1cc(NC(=O)c2cc(Cl)ccc2OC(=O)N(C)C)ccc1[N+](=O)[O-]. The third-order valence-electron chi connectivity index (χ3n) is 3.40. The maximum atomic E-state index is 12.6. The largest absolute Gasteiger partial charge is 0.414 e. The van der Waals surface area contributed by atoms with Crippen LogP contribution in [-0.4, -0.2) is 35.9 Å². The summed E-state index contributed by atoms with van der Waals surface area (Å²) in [5.41, 5.74) is 0.774. The van der Waals surface area contributed by atoms with Gasteiger partial charge in [-0.3, -0.25) is 14.9 Å². The van der Waals surface area contributed by atoms with Crippen molar-refractivity contribution in [2.24, 2.45) is 0 Å². The van der Waals surface area contributed by atoms with Gasteiger partial charge in [0.15, 0.2) is 0 Å². The van der Waals surface area contributed by atoms with E-state index in [1.807, 2.05) is 0 Å². The Morgan fingerprint density at radius 1 is 1.19 bits per heavy atom. The van der Waals surface area contributed by atoms with Gasteiger partial charge in [-0.15, -0.1) is 0 Å². The first-order chi connectivity index (χ1) is 12.2. The number of nitrogens with one attached hydrogen (secondary N) is 1. The van der Waals surface area contributed by atoms with Crippen molar-refractivity contribution in [2.75, 3.05) is 19.4 Å². The number of benzene rings is 2. The van der Waals surface area contributed by atoms with Crippen molar-refractivity contribution in [3.63, 3.8) is 0 Å². The highest BCUT2D eigenvalue weighted by molar-refractivity contribution is 6.31. The first kappa shape index (κ1) is 19.2. The lowest BCUT2D eigenvalue weighted by atomic mass is 10.1. The van der Waals surface area contributed by atoms with E-state index in [0.717, 1.165) is 0 Å². The molecule has 0 unspecified atom stereocenters. The van der Waals surface area contributed by atoms with Crippen LogP contribution in [0.3, 0.4) is 0 Å². The van der Waals surface area contributed by atoms with Crippen LogP contribution < -0.4 is 10.1 Å². The van der Waals surface area contributed by atoms with Gasteiger partial charge in [0.1, 0.15) is 5.75 Å². The van der Waals surface area contributed by atoms with Crippen LogP contribution in [0.25, 0.3) is 0 Å². The number of rotatable bonds is 4. The van der Waals surface area contributed by atoms with E-state index in [-0.39, 0.29) is 17.0 Å². The van der Waals surface area contributed by atoms with Crippen molar-refractivity contribution in [3.8, 4) is 5.75 Å². The van der Waals surface area contributed by atoms with Crippen LogP contribution in [0.15, 0.2) is 36.4 Å². The third kappa shape index (κ3) is 4.48. The zero-order valence-electron chi connectivity index (χ0n) is 14.3. The Hall–Kier alpha value is -3.13. The second-order valence-corrected chi connectivity index (χ2v) is 6.05. The van der Waals surface area contributed by atoms with Gasteiger partial charge in [-0.2, -0.15) is 0 Å². The third-order valence-corrected chi connectivity index (χ3v) is 3.64. The van der Waals surface area contributed by atoms with Crippen molar-refractivity contribution < 1.29 is 19.2 Å². The number of ether oxygens (including phenoxy) is 1. The van der Waals surface area contributed by atoms with E-state index in [1.54, 1.807) is 6.92 Å². The molecule has 0 atom stereocenters. The van der Waals surface area contributed by atoms with Crippen molar-refractivity contribution in [1.29, 1.82) is 0 Å². The van der Waals surface area contributed by atoms with E-state index in [4.69, 9.17) is 16.3 Å². The Kier molecular flexibility index (Phi) is 5.78. The quantitative estimate of drug-likeness (QED) is 0.643. The molecule has 0 fully saturated rings. The van der Waals surface area contributed by atoms with Crippen molar-refractivity contribution in [2.45, 2.75) is 6.92 Å². The summed E-state index contributed by atoms with van der Waals surface area (Å²) in [7, 11) is 3.02. The van der Waals surface area contributed by atoms with Crippen molar-refractivity contribution >= 4 is 35.0 Å². The molecule has 0 aliphatic rings. The first-order valence-corrected chi connectivity index (χ1v) is 7.82. The highest BCUT2D eigenvalue weighted by Gasteiger charge is 2.18. The molecule has 0 radical (unpaired) electrons. The lowest BCUT2D eigenvalue weighted by Crippen LogP contribution is -2.26. The summed E-state index contributed by atoms with van der Waals surface area (Å²) in [4.78, 5) is 35.9. The molecular weight excluding hydrogens is 362 g/mol. The fraction of sp³-hybridized carbons (Fsp3) is 0.176. The summed E-state index contributed by atoms with van der Waals surface area (Å²) in [6, 6.07) is 8.47. The van der Waals surface area contributed by atoms with Crippen molar-refractivity contribution in [1.82, 2.24) is 4.90 Å². The van der Waals surface area contributed by atoms with E-state index in [1.165, 1.54) is 55.4 Å². The molecule has 0 aliphatic carbocycles. The zero-order chi connectivity index (χ0) is 19.4. The predicted molar refractivity (Wildman–Crippen MR) is 96.9 cm³/mol. The second kappa shape index (κ2) is 7.83. The number of nitro benzene ring substituents is 1. The van der Waals surface area contributed by atoms with Gasteiger partial charge in [0.25, 0.3) is 11.6 Å². The molecule has 26 heavy (non-hydrogen) atoms. The minimum absolute atomic E-state index is 0.0456. The summed E-state index contributed by atoms with van der Waals surface area (Å²) >= 11 is 5.94. The molecule has 0 aromatic heterocycles. The van der Waals surface area contributed by atoms with Gasteiger partial charge in [0.2, 0.25) is 0 Å². The molecule has 0 aliphatic heterocycles. The molecule has 0 saturated carbocycles. The van der Waals surface area contributed by atoms with Crippen LogP contribution in [0.5, 0.6) is 5.75 Å². The highest BCUT2D eigenvalue weighted by Crippen LogP contribution is 2.26. The van der Waals surface area contributed by atoms with Gasteiger partial charge in [0.05, 0.1) is 10.5 Å². The number of carbonyl (C=O) groups excluding carboxylic acids is 2. The van der Waals surface area contributed by atoms with Crippen molar-refractivity contribution in [3.05, 3.63) is 62.7 Å². The monoisotopic (exact) mass is 377 g/mol. The second-order valence-electron chi connectivity index (χ2n) is 5.62. The van der Waals surface area contributed by atoms with Gasteiger partial charge in [0, 0.05) is 36.4 Å². The number of hydrogen-bond acceptors (Lipinski definition) is 5. The fourth-order valence-corrected chi connectivity index (χ4v) is 2.26. The number of nitrogens with zero attached hydrogens (tertiary/aromatic N) is 2. The minimum Gasteiger partial charge on any atom is -0.409 e. The molecule has 9 heteroatoms. The van der Waals surface area contributed by atoms with E-state index < -0.39 is 16.9 Å². The number of halogens is 1. The molecular formula is C17H16ClN3O5. The zero-order valence-corrected chi connectivity index (χ0v) is 15.0. The Bertz CT molecular complexity index is 883. The topological polar surface area (TPSA) is 102 Å². The fourth-order valence-electron chi connectivity index (χ4n) is 2.09. The molecule has 8 nitrogen and oxygen atoms in total. The number of nitro groups is 1. The van der Waals surface area contributed by atoms with Gasteiger partial charge >= 0.3 is 6.09 Å². The summed E-state index contributed by atoms with van der Waals surface area (Å²) in [5.74, 6) is -0.522. The molecule has 0 heterocycles. The van der Waals surface area contributed by atoms with Crippen LogP contribution in [0, 0.1) is 17.0 Å². The first-order valence-electron chi connectivity index (χ1n) is 7.44. The van der Waals surface area contributed by atoms with E-state index in [2.05, 4.69) is 5.32 Å². The Morgan fingerprint density at radius 2 is 1.88 bits per heavy atom. The molecule has 2 aromatic carbocycles. The number of anilines is 1. The van der Waals surface area contributed by atoms with Crippen LogP contribution in [0.2, 0.25) is 5.02 Å².